The number of rotatable bonds is 6. The third kappa shape index (κ3) is 5.49. The van der Waals surface area contributed by atoms with Crippen LogP contribution in [0.4, 0.5) is 18.9 Å². The average molecular weight is 371 g/mol. The van der Waals surface area contributed by atoms with Crippen LogP contribution in [-0.4, -0.2) is 18.4 Å². The fourth-order valence-electron chi connectivity index (χ4n) is 2.02. The van der Waals surface area contributed by atoms with Gasteiger partial charge in [-0.15, -0.1) is 0 Å². The minimum atomic E-state index is -1.69. The van der Waals surface area contributed by atoms with Crippen LogP contribution in [0.5, 0.6) is 0 Å². The third-order valence-electron chi connectivity index (χ3n) is 3.28. The molecule has 132 valence electrons. The summed E-state index contributed by atoms with van der Waals surface area (Å²) < 4.78 is 39.3. The number of carbonyl (C=O) groups is 2. The molecule has 0 aromatic heterocycles. The first kappa shape index (κ1) is 18.8. The molecule has 0 unspecified atom stereocenters. The van der Waals surface area contributed by atoms with Gasteiger partial charge in [0.1, 0.15) is 6.42 Å². The topological polar surface area (TPSA) is 58.2 Å². The van der Waals surface area contributed by atoms with Crippen LogP contribution in [0, 0.1) is 17.5 Å². The van der Waals surface area contributed by atoms with Gasteiger partial charge in [-0.25, -0.2) is 13.2 Å². The molecular formula is C17H14ClF3N2O2. The highest BCUT2D eigenvalue weighted by Crippen LogP contribution is 2.19. The van der Waals surface area contributed by atoms with Crippen molar-refractivity contribution in [3.8, 4) is 0 Å². The Morgan fingerprint density at radius 2 is 1.60 bits per heavy atom. The van der Waals surface area contributed by atoms with Crippen molar-refractivity contribution in [2.45, 2.75) is 12.8 Å². The van der Waals surface area contributed by atoms with E-state index >= 15 is 0 Å². The Kier molecular flexibility index (Phi) is 6.41. The van der Waals surface area contributed by atoms with Crippen LogP contribution in [0.3, 0.4) is 0 Å². The van der Waals surface area contributed by atoms with Crippen LogP contribution in [0.1, 0.15) is 12.0 Å². The Balaban J connectivity index is 1.79. The summed E-state index contributed by atoms with van der Waals surface area (Å²) in [7, 11) is 0. The van der Waals surface area contributed by atoms with Gasteiger partial charge in [-0.1, -0.05) is 23.7 Å². The highest BCUT2D eigenvalue weighted by molar-refractivity contribution is 6.30. The SMILES string of the molecule is O=C(CC(=O)Nc1ccc(F)c(F)c1F)NCCc1ccc(Cl)cc1. The van der Waals surface area contributed by atoms with E-state index in [1.54, 1.807) is 12.1 Å². The van der Waals surface area contributed by atoms with Crippen molar-refractivity contribution in [3.05, 3.63) is 64.4 Å². The summed E-state index contributed by atoms with van der Waals surface area (Å²) in [5, 5.41) is 5.17. The zero-order chi connectivity index (χ0) is 18.4. The van der Waals surface area contributed by atoms with E-state index in [0.717, 1.165) is 11.6 Å². The maximum absolute atomic E-state index is 13.4. The lowest BCUT2D eigenvalue weighted by molar-refractivity contribution is -0.126. The fraction of sp³-hybridized carbons (Fsp3) is 0.176. The van der Waals surface area contributed by atoms with Crippen LogP contribution in [0.25, 0.3) is 0 Å². The van der Waals surface area contributed by atoms with Crippen molar-refractivity contribution in [1.82, 2.24) is 5.32 Å². The number of hydrogen-bond donors (Lipinski definition) is 2. The standard InChI is InChI=1S/C17H14ClF3N2O2/c18-11-3-1-10(2-4-11)7-8-22-14(24)9-15(25)23-13-6-5-12(19)16(20)17(13)21/h1-6H,7-9H2,(H,22,24)(H,23,25). The van der Waals surface area contributed by atoms with Crippen molar-refractivity contribution in [2.24, 2.45) is 0 Å². The van der Waals surface area contributed by atoms with Crippen LogP contribution >= 0.6 is 11.6 Å². The van der Waals surface area contributed by atoms with Gasteiger partial charge in [0.05, 0.1) is 5.69 Å². The molecule has 2 aromatic carbocycles. The molecule has 2 N–H and O–H groups in total. The van der Waals surface area contributed by atoms with E-state index in [9.17, 15) is 22.8 Å². The molecule has 0 radical (unpaired) electrons. The lowest BCUT2D eigenvalue weighted by atomic mass is 10.1. The van der Waals surface area contributed by atoms with Crippen molar-refractivity contribution in [1.29, 1.82) is 0 Å². The molecule has 0 atom stereocenters. The van der Waals surface area contributed by atoms with E-state index in [1.807, 2.05) is 17.4 Å². The minimum Gasteiger partial charge on any atom is -0.355 e. The third-order valence-corrected chi connectivity index (χ3v) is 3.53. The summed E-state index contributed by atoms with van der Waals surface area (Å²) in [6.45, 7) is 0.299. The van der Waals surface area contributed by atoms with Crippen LogP contribution in [0.15, 0.2) is 36.4 Å². The first-order valence-corrected chi connectivity index (χ1v) is 7.69. The second kappa shape index (κ2) is 8.53. The molecule has 0 heterocycles. The summed E-state index contributed by atoms with van der Waals surface area (Å²) in [4.78, 5) is 23.3. The van der Waals surface area contributed by atoms with Gasteiger partial charge in [-0.3, -0.25) is 9.59 Å². The normalized spacial score (nSPS) is 10.4. The zero-order valence-electron chi connectivity index (χ0n) is 12.9. The highest BCUT2D eigenvalue weighted by atomic mass is 35.5. The van der Waals surface area contributed by atoms with Gasteiger partial charge in [-0.2, -0.15) is 0 Å². The summed E-state index contributed by atoms with van der Waals surface area (Å²) in [5.41, 5.74) is 0.427. The molecule has 2 rings (SSSR count). The van der Waals surface area contributed by atoms with Gasteiger partial charge >= 0.3 is 0 Å². The summed E-state index contributed by atoms with van der Waals surface area (Å²) in [6, 6.07) is 8.63. The Morgan fingerprint density at radius 1 is 0.920 bits per heavy atom. The summed E-state index contributed by atoms with van der Waals surface area (Å²) in [5.74, 6) is -5.99. The smallest absolute Gasteiger partial charge is 0.233 e. The van der Waals surface area contributed by atoms with E-state index in [2.05, 4.69) is 5.32 Å². The maximum Gasteiger partial charge on any atom is 0.233 e. The van der Waals surface area contributed by atoms with E-state index in [0.29, 0.717) is 24.1 Å². The first-order valence-electron chi connectivity index (χ1n) is 7.31. The molecule has 0 aliphatic carbocycles. The van der Waals surface area contributed by atoms with E-state index < -0.39 is 41.4 Å². The number of amides is 2. The second-order valence-electron chi connectivity index (χ2n) is 5.17. The zero-order valence-corrected chi connectivity index (χ0v) is 13.7. The Morgan fingerprint density at radius 3 is 2.28 bits per heavy atom. The molecule has 4 nitrogen and oxygen atoms in total. The van der Waals surface area contributed by atoms with Gasteiger partial charge < -0.3 is 10.6 Å². The molecule has 0 saturated carbocycles. The molecule has 0 aliphatic heterocycles. The van der Waals surface area contributed by atoms with Crippen molar-refractivity contribution < 1.29 is 22.8 Å². The molecule has 2 amide bonds. The van der Waals surface area contributed by atoms with Gasteiger partial charge in [0, 0.05) is 11.6 Å². The number of benzene rings is 2. The van der Waals surface area contributed by atoms with E-state index in [1.165, 1.54) is 0 Å². The van der Waals surface area contributed by atoms with Crippen molar-refractivity contribution in [3.63, 3.8) is 0 Å². The van der Waals surface area contributed by atoms with Crippen LogP contribution in [-0.2, 0) is 16.0 Å². The lowest BCUT2D eigenvalue weighted by Crippen LogP contribution is -2.29. The van der Waals surface area contributed by atoms with Gasteiger partial charge in [0.2, 0.25) is 11.8 Å². The Hall–Kier alpha value is -2.54. The molecule has 0 bridgehead atoms. The summed E-state index contributed by atoms with van der Waals surface area (Å²) in [6.07, 6.45) is -0.0264. The number of anilines is 1. The molecule has 0 fully saturated rings. The number of nitrogens with one attached hydrogen (secondary N) is 2. The molecule has 0 spiro atoms. The highest BCUT2D eigenvalue weighted by Gasteiger charge is 2.16. The quantitative estimate of drug-likeness (QED) is 0.604. The van der Waals surface area contributed by atoms with E-state index in [4.69, 9.17) is 11.6 Å². The molecule has 8 heteroatoms. The molecule has 0 saturated heterocycles. The number of hydrogen-bond acceptors (Lipinski definition) is 2. The van der Waals surface area contributed by atoms with Crippen LogP contribution < -0.4 is 10.6 Å². The van der Waals surface area contributed by atoms with Crippen molar-refractivity contribution >= 4 is 29.1 Å². The second-order valence-corrected chi connectivity index (χ2v) is 5.61. The van der Waals surface area contributed by atoms with Crippen LogP contribution in [0.2, 0.25) is 5.02 Å². The number of carbonyl (C=O) groups excluding carboxylic acids is 2. The average Bonchev–Trinajstić information content (AvgIpc) is 2.57. The van der Waals surface area contributed by atoms with Gasteiger partial charge in [-0.05, 0) is 36.2 Å². The first-order chi connectivity index (χ1) is 11.9. The molecule has 2 aromatic rings. The van der Waals surface area contributed by atoms with Gasteiger partial charge in [0.15, 0.2) is 17.5 Å². The lowest BCUT2D eigenvalue weighted by Gasteiger charge is -2.08. The van der Waals surface area contributed by atoms with Crippen molar-refractivity contribution in [2.75, 3.05) is 11.9 Å². The minimum absolute atomic E-state index is 0.299. The predicted molar refractivity (Wildman–Crippen MR) is 87.7 cm³/mol. The largest absolute Gasteiger partial charge is 0.355 e. The number of halogens is 4. The Bertz CT molecular complexity index is 782. The molecule has 25 heavy (non-hydrogen) atoms. The molecule has 0 aliphatic rings. The fourth-order valence-corrected chi connectivity index (χ4v) is 2.15. The monoisotopic (exact) mass is 370 g/mol. The predicted octanol–water partition coefficient (Wildman–Crippen LogP) is 3.44. The van der Waals surface area contributed by atoms with Gasteiger partial charge in [0.25, 0.3) is 0 Å². The summed E-state index contributed by atoms with van der Waals surface area (Å²) >= 11 is 5.76. The van der Waals surface area contributed by atoms with E-state index in [-0.39, 0.29) is 0 Å². The Labute approximate surface area is 147 Å². The maximum atomic E-state index is 13.4. The molecular weight excluding hydrogens is 357 g/mol.